The van der Waals surface area contributed by atoms with E-state index in [0.29, 0.717) is 17.1 Å². The highest BCUT2D eigenvalue weighted by atomic mass is 19.3. The first-order valence-electron chi connectivity index (χ1n) is 4.77. The molecule has 0 heterocycles. The van der Waals surface area contributed by atoms with Crippen LogP contribution in [0.4, 0.5) is 8.78 Å². The van der Waals surface area contributed by atoms with Crippen molar-refractivity contribution in [3.8, 4) is 11.5 Å². The summed E-state index contributed by atoms with van der Waals surface area (Å²) in [5.41, 5.74) is 6.43. The Hall–Kier alpha value is -1.36. The summed E-state index contributed by atoms with van der Waals surface area (Å²) in [4.78, 5) is 0. The maximum Gasteiger partial charge on any atom is 0.257 e. The van der Waals surface area contributed by atoms with E-state index < -0.39 is 12.5 Å². The van der Waals surface area contributed by atoms with Crippen LogP contribution in [0.15, 0.2) is 12.1 Å². The molecule has 16 heavy (non-hydrogen) atoms. The minimum atomic E-state index is -2.61. The number of halogens is 2. The molecule has 5 heteroatoms. The van der Waals surface area contributed by atoms with E-state index >= 15 is 0 Å². The number of alkyl halides is 2. The van der Waals surface area contributed by atoms with Crippen LogP contribution in [0.2, 0.25) is 0 Å². The predicted molar refractivity (Wildman–Crippen MR) is 57.2 cm³/mol. The zero-order valence-electron chi connectivity index (χ0n) is 9.46. The molecule has 0 bridgehead atoms. The number of rotatable bonds is 4. The van der Waals surface area contributed by atoms with E-state index in [2.05, 4.69) is 0 Å². The second-order valence-electron chi connectivity index (χ2n) is 3.41. The Morgan fingerprint density at radius 3 is 1.88 bits per heavy atom. The van der Waals surface area contributed by atoms with E-state index in [1.807, 2.05) is 0 Å². The van der Waals surface area contributed by atoms with Crippen molar-refractivity contribution in [1.82, 2.24) is 0 Å². The first-order chi connectivity index (χ1) is 7.51. The van der Waals surface area contributed by atoms with E-state index in [0.717, 1.165) is 5.56 Å². The summed E-state index contributed by atoms with van der Waals surface area (Å²) in [6.45, 7) is 1.79. The van der Waals surface area contributed by atoms with Gasteiger partial charge in [0.2, 0.25) is 0 Å². The van der Waals surface area contributed by atoms with Gasteiger partial charge in [-0.1, -0.05) is 0 Å². The highest BCUT2D eigenvalue weighted by Gasteiger charge is 2.20. The molecular formula is C11H15F2NO2. The lowest BCUT2D eigenvalue weighted by molar-refractivity contribution is 0.116. The molecule has 3 nitrogen and oxygen atoms in total. The molecule has 90 valence electrons. The van der Waals surface area contributed by atoms with Crippen molar-refractivity contribution in [2.75, 3.05) is 14.2 Å². The van der Waals surface area contributed by atoms with E-state index in [9.17, 15) is 8.78 Å². The molecule has 0 amide bonds. The average Bonchev–Trinajstić information content (AvgIpc) is 2.28. The van der Waals surface area contributed by atoms with Gasteiger partial charge in [0.25, 0.3) is 6.43 Å². The number of nitrogens with two attached hydrogens (primary N) is 1. The summed E-state index contributed by atoms with van der Waals surface area (Å²) >= 11 is 0. The zero-order valence-corrected chi connectivity index (χ0v) is 9.46. The molecule has 0 radical (unpaired) electrons. The molecule has 0 spiro atoms. The molecule has 1 unspecified atom stereocenters. The molecule has 1 rings (SSSR count). The fourth-order valence-corrected chi connectivity index (χ4v) is 1.44. The van der Waals surface area contributed by atoms with Crippen molar-refractivity contribution in [1.29, 1.82) is 0 Å². The average molecular weight is 231 g/mol. The van der Waals surface area contributed by atoms with Crippen molar-refractivity contribution in [3.63, 3.8) is 0 Å². The van der Waals surface area contributed by atoms with Crippen molar-refractivity contribution in [2.45, 2.75) is 19.4 Å². The zero-order chi connectivity index (χ0) is 12.3. The topological polar surface area (TPSA) is 44.5 Å². The highest BCUT2D eigenvalue weighted by Crippen LogP contribution is 2.32. The summed E-state index contributed by atoms with van der Waals surface area (Å²) < 4.78 is 35.1. The van der Waals surface area contributed by atoms with Gasteiger partial charge in [-0.25, -0.2) is 8.78 Å². The maximum atomic E-state index is 12.5. The Morgan fingerprint density at radius 2 is 1.56 bits per heavy atom. The standard InChI is InChI=1S/C11H15F2NO2/c1-6-8(15-2)4-7(5-9(6)16-3)10(14)11(12)13/h4-5,10-11H,14H2,1-3H3. The molecule has 0 aliphatic carbocycles. The van der Waals surface area contributed by atoms with Gasteiger partial charge in [-0.05, 0) is 24.6 Å². The van der Waals surface area contributed by atoms with E-state index in [1.54, 1.807) is 6.92 Å². The lowest BCUT2D eigenvalue weighted by atomic mass is 10.0. The smallest absolute Gasteiger partial charge is 0.257 e. The van der Waals surface area contributed by atoms with Crippen molar-refractivity contribution >= 4 is 0 Å². The summed E-state index contributed by atoms with van der Waals surface area (Å²) in [5.74, 6) is 0.982. The molecule has 0 aromatic heterocycles. The monoisotopic (exact) mass is 231 g/mol. The van der Waals surface area contributed by atoms with Gasteiger partial charge in [-0.3, -0.25) is 0 Å². The van der Waals surface area contributed by atoms with Gasteiger partial charge in [0, 0.05) is 5.56 Å². The Morgan fingerprint density at radius 1 is 1.12 bits per heavy atom. The largest absolute Gasteiger partial charge is 0.496 e. The van der Waals surface area contributed by atoms with Crippen LogP contribution in [-0.2, 0) is 0 Å². The van der Waals surface area contributed by atoms with Crippen LogP contribution in [0, 0.1) is 6.92 Å². The van der Waals surface area contributed by atoms with Gasteiger partial charge in [-0.2, -0.15) is 0 Å². The van der Waals surface area contributed by atoms with Crippen molar-refractivity contribution < 1.29 is 18.3 Å². The number of benzene rings is 1. The third-order valence-electron chi connectivity index (χ3n) is 2.43. The van der Waals surface area contributed by atoms with E-state index in [1.165, 1.54) is 26.4 Å². The molecule has 0 aliphatic rings. The van der Waals surface area contributed by atoms with Crippen LogP contribution >= 0.6 is 0 Å². The Bertz CT molecular complexity index is 344. The molecule has 1 atom stereocenters. The Balaban J connectivity index is 3.21. The molecule has 0 saturated carbocycles. The van der Waals surface area contributed by atoms with Gasteiger partial charge in [0.05, 0.1) is 20.3 Å². The van der Waals surface area contributed by atoms with Gasteiger partial charge in [-0.15, -0.1) is 0 Å². The normalized spacial score (nSPS) is 12.7. The van der Waals surface area contributed by atoms with Crippen LogP contribution in [0.1, 0.15) is 17.2 Å². The number of hydrogen-bond donors (Lipinski definition) is 1. The fraction of sp³-hybridized carbons (Fsp3) is 0.455. The van der Waals surface area contributed by atoms with Crippen LogP contribution in [-0.4, -0.2) is 20.6 Å². The fourth-order valence-electron chi connectivity index (χ4n) is 1.44. The highest BCUT2D eigenvalue weighted by molar-refractivity contribution is 5.48. The third-order valence-corrected chi connectivity index (χ3v) is 2.43. The maximum absolute atomic E-state index is 12.5. The van der Waals surface area contributed by atoms with Crippen LogP contribution in [0.25, 0.3) is 0 Å². The second-order valence-corrected chi connectivity index (χ2v) is 3.41. The number of hydrogen-bond acceptors (Lipinski definition) is 3. The summed E-state index contributed by atoms with van der Waals surface area (Å²) in [7, 11) is 2.94. The quantitative estimate of drug-likeness (QED) is 0.864. The summed E-state index contributed by atoms with van der Waals surface area (Å²) in [5, 5.41) is 0. The third kappa shape index (κ3) is 2.41. The Labute approximate surface area is 93.2 Å². The van der Waals surface area contributed by atoms with Gasteiger partial charge in [0.15, 0.2) is 0 Å². The molecule has 2 N–H and O–H groups in total. The van der Waals surface area contributed by atoms with Gasteiger partial charge >= 0.3 is 0 Å². The van der Waals surface area contributed by atoms with Crippen LogP contribution < -0.4 is 15.2 Å². The molecular weight excluding hydrogens is 216 g/mol. The predicted octanol–water partition coefficient (Wildman–Crippen LogP) is 2.28. The SMILES string of the molecule is COc1cc(C(N)C(F)F)cc(OC)c1C. The first kappa shape index (κ1) is 12.7. The summed E-state index contributed by atoms with van der Waals surface area (Å²) in [6, 6.07) is 1.69. The van der Waals surface area contributed by atoms with E-state index in [-0.39, 0.29) is 0 Å². The molecule has 0 fully saturated rings. The van der Waals surface area contributed by atoms with Crippen LogP contribution in [0.3, 0.4) is 0 Å². The lowest BCUT2D eigenvalue weighted by Gasteiger charge is -2.16. The Kier molecular flexibility index (Phi) is 4.06. The minimum absolute atomic E-state index is 0.300. The van der Waals surface area contributed by atoms with Crippen molar-refractivity contribution in [3.05, 3.63) is 23.3 Å². The minimum Gasteiger partial charge on any atom is -0.496 e. The van der Waals surface area contributed by atoms with Gasteiger partial charge in [0.1, 0.15) is 11.5 Å². The second kappa shape index (κ2) is 5.12. The molecule has 1 aromatic rings. The van der Waals surface area contributed by atoms with Gasteiger partial charge < -0.3 is 15.2 Å². The molecule has 0 saturated heterocycles. The summed E-state index contributed by atoms with van der Waals surface area (Å²) in [6.07, 6.45) is -2.61. The van der Waals surface area contributed by atoms with Crippen LogP contribution in [0.5, 0.6) is 11.5 Å². The van der Waals surface area contributed by atoms with E-state index in [4.69, 9.17) is 15.2 Å². The van der Waals surface area contributed by atoms with Crippen molar-refractivity contribution in [2.24, 2.45) is 5.73 Å². The molecule has 0 aliphatic heterocycles. The number of ether oxygens (including phenoxy) is 2. The molecule has 1 aromatic carbocycles. The lowest BCUT2D eigenvalue weighted by Crippen LogP contribution is -2.19. The number of methoxy groups -OCH3 is 2. The first-order valence-corrected chi connectivity index (χ1v) is 4.77.